The largest absolute Gasteiger partial charge is 0.350 e. The minimum atomic E-state index is -4.17. The summed E-state index contributed by atoms with van der Waals surface area (Å²) in [5, 5.41) is 3.94. The van der Waals surface area contributed by atoms with Crippen LogP contribution in [-0.2, 0) is 26.2 Å². The molecule has 7 nitrogen and oxygen atoms in total. The first-order valence-corrected chi connectivity index (χ1v) is 15.1. The number of carbonyl (C=O) groups is 2. The zero-order valence-electron chi connectivity index (χ0n) is 22.9. The molecule has 0 saturated heterocycles. The highest BCUT2D eigenvalue weighted by molar-refractivity contribution is 7.92. The molecule has 214 valence electrons. The lowest BCUT2D eigenvalue weighted by Crippen LogP contribution is -2.54. The Kier molecular flexibility index (Phi) is 10.2. The molecule has 0 aliphatic rings. The lowest BCUT2D eigenvalue weighted by atomic mass is 10.1. The summed E-state index contributed by atoms with van der Waals surface area (Å²) in [4.78, 5) is 28.5. The molecule has 0 aliphatic heterocycles. The molecule has 3 rings (SSSR count). The number of amides is 2. The fourth-order valence-corrected chi connectivity index (χ4v) is 5.73. The van der Waals surface area contributed by atoms with Crippen molar-refractivity contribution in [3.63, 3.8) is 0 Å². The highest BCUT2D eigenvalue weighted by Crippen LogP contribution is 2.27. The van der Waals surface area contributed by atoms with Crippen LogP contribution in [0, 0.1) is 6.92 Å². The van der Waals surface area contributed by atoms with E-state index in [4.69, 9.17) is 34.8 Å². The van der Waals surface area contributed by atoms with Gasteiger partial charge in [0.1, 0.15) is 12.6 Å². The molecule has 3 aromatic rings. The second kappa shape index (κ2) is 12.8. The van der Waals surface area contributed by atoms with Gasteiger partial charge in [-0.2, -0.15) is 0 Å². The van der Waals surface area contributed by atoms with Gasteiger partial charge in [-0.25, -0.2) is 8.42 Å². The quantitative estimate of drug-likeness (QED) is 0.295. The van der Waals surface area contributed by atoms with Crippen molar-refractivity contribution in [3.8, 4) is 0 Å². The Hall–Kier alpha value is -2.78. The topological polar surface area (TPSA) is 86.8 Å². The third-order valence-electron chi connectivity index (χ3n) is 6.00. The molecule has 1 N–H and O–H groups in total. The monoisotopic (exact) mass is 623 g/mol. The van der Waals surface area contributed by atoms with Crippen LogP contribution in [0.25, 0.3) is 0 Å². The van der Waals surface area contributed by atoms with Crippen molar-refractivity contribution in [2.24, 2.45) is 0 Å². The zero-order valence-corrected chi connectivity index (χ0v) is 26.0. The zero-order chi connectivity index (χ0) is 29.8. The van der Waals surface area contributed by atoms with Gasteiger partial charge >= 0.3 is 0 Å². The summed E-state index contributed by atoms with van der Waals surface area (Å²) >= 11 is 18.3. The second-order valence-electron chi connectivity index (χ2n) is 10.5. The molecule has 0 saturated carbocycles. The van der Waals surface area contributed by atoms with Gasteiger partial charge < -0.3 is 10.2 Å². The molecule has 0 aliphatic carbocycles. The average molecular weight is 625 g/mol. The number of benzene rings is 3. The van der Waals surface area contributed by atoms with Crippen LogP contribution in [0.4, 0.5) is 5.69 Å². The molecule has 11 heteroatoms. The molecular formula is C29H32Cl3N3O4S. The van der Waals surface area contributed by atoms with E-state index in [2.05, 4.69) is 5.32 Å². The van der Waals surface area contributed by atoms with E-state index in [-0.39, 0.29) is 23.0 Å². The summed E-state index contributed by atoms with van der Waals surface area (Å²) < 4.78 is 28.7. The average Bonchev–Trinajstić information content (AvgIpc) is 2.87. The van der Waals surface area contributed by atoms with Crippen LogP contribution in [0.15, 0.2) is 71.6 Å². The van der Waals surface area contributed by atoms with Crippen molar-refractivity contribution in [3.05, 3.63) is 92.9 Å². The lowest BCUT2D eigenvalue weighted by Gasteiger charge is -2.33. The van der Waals surface area contributed by atoms with Crippen molar-refractivity contribution < 1.29 is 18.0 Å². The maximum Gasteiger partial charge on any atom is 0.264 e. The number of rotatable bonds is 9. The van der Waals surface area contributed by atoms with E-state index in [1.165, 1.54) is 29.2 Å². The number of carbonyl (C=O) groups excluding carboxylic acids is 2. The van der Waals surface area contributed by atoms with Gasteiger partial charge in [-0.15, -0.1) is 0 Å². The van der Waals surface area contributed by atoms with Gasteiger partial charge in [0.25, 0.3) is 10.0 Å². The van der Waals surface area contributed by atoms with E-state index in [9.17, 15) is 18.0 Å². The summed E-state index contributed by atoms with van der Waals surface area (Å²) in [5.74, 6) is -0.978. The molecule has 1 atom stereocenters. The normalized spacial score (nSPS) is 12.5. The minimum Gasteiger partial charge on any atom is -0.350 e. The number of nitrogens with one attached hydrogen (secondary N) is 1. The summed E-state index contributed by atoms with van der Waals surface area (Å²) in [6.45, 7) is 8.37. The number of aryl methyl sites for hydroxylation is 1. The van der Waals surface area contributed by atoms with Crippen molar-refractivity contribution in [2.45, 2.75) is 57.6 Å². The van der Waals surface area contributed by atoms with E-state index in [0.29, 0.717) is 20.6 Å². The molecular weight excluding hydrogens is 593 g/mol. The lowest BCUT2D eigenvalue weighted by molar-refractivity contribution is -0.140. The summed E-state index contributed by atoms with van der Waals surface area (Å²) in [5.41, 5.74) is 1.21. The van der Waals surface area contributed by atoms with Gasteiger partial charge in [0.15, 0.2) is 0 Å². The number of hydrogen-bond acceptors (Lipinski definition) is 4. The Bertz CT molecular complexity index is 1470. The fourth-order valence-electron chi connectivity index (χ4n) is 3.86. The van der Waals surface area contributed by atoms with Crippen LogP contribution in [0.5, 0.6) is 0 Å². The molecule has 0 fully saturated rings. The summed E-state index contributed by atoms with van der Waals surface area (Å²) in [6, 6.07) is 16.5. The number of hydrogen-bond donors (Lipinski definition) is 1. The molecule has 0 bridgehead atoms. The molecule has 2 amide bonds. The molecule has 0 aromatic heterocycles. The minimum absolute atomic E-state index is 0.00646. The Morgan fingerprint density at radius 3 is 2.05 bits per heavy atom. The second-order valence-corrected chi connectivity index (χ2v) is 13.6. The number of halogens is 3. The highest BCUT2D eigenvalue weighted by atomic mass is 35.5. The Balaban J connectivity index is 2.04. The van der Waals surface area contributed by atoms with Crippen LogP contribution in [0.2, 0.25) is 15.1 Å². The van der Waals surface area contributed by atoms with Gasteiger partial charge in [0, 0.05) is 17.1 Å². The van der Waals surface area contributed by atoms with Crippen LogP contribution in [-0.4, -0.2) is 43.3 Å². The van der Waals surface area contributed by atoms with Gasteiger partial charge in [-0.05, 0) is 88.7 Å². The standard InChI is InChI=1S/C29H32Cl3N3O4S/c1-19-6-13-24(14-7-19)40(38,39)35(23-11-9-22(30)10-12-23)18-27(36)34(20(2)28(37)33-29(3,4)5)17-21-8-15-25(31)26(32)16-21/h6-16,20H,17-18H2,1-5H3,(H,33,37). The summed E-state index contributed by atoms with van der Waals surface area (Å²) in [6.07, 6.45) is 0. The number of sulfonamides is 1. The van der Waals surface area contributed by atoms with Crippen LogP contribution in [0.1, 0.15) is 38.8 Å². The third kappa shape index (κ3) is 8.13. The molecule has 3 aromatic carbocycles. The molecule has 0 heterocycles. The van der Waals surface area contributed by atoms with Gasteiger partial charge in [-0.1, -0.05) is 58.6 Å². The van der Waals surface area contributed by atoms with Crippen molar-refractivity contribution in [1.29, 1.82) is 0 Å². The first-order chi connectivity index (χ1) is 18.6. The smallest absolute Gasteiger partial charge is 0.264 e. The van der Waals surface area contributed by atoms with Crippen LogP contribution in [0.3, 0.4) is 0 Å². The number of nitrogens with zero attached hydrogens (tertiary/aromatic N) is 2. The van der Waals surface area contributed by atoms with E-state index in [1.807, 2.05) is 27.7 Å². The fraction of sp³-hybridized carbons (Fsp3) is 0.310. The highest BCUT2D eigenvalue weighted by Gasteiger charge is 2.33. The summed E-state index contributed by atoms with van der Waals surface area (Å²) in [7, 11) is -4.17. The van der Waals surface area contributed by atoms with E-state index in [1.54, 1.807) is 49.4 Å². The van der Waals surface area contributed by atoms with Gasteiger partial charge in [0.05, 0.1) is 20.6 Å². The number of anilines is 1. The van der Waals surface area contributed by atoms with E-state index >= 15 is 0 Å². The maximum absolute atomic E-state index is 13.9. The third-order valence-corrected chi connectivity index (χ3v) is 8.78. The molecule has 40 heavy (non-hydrogen) atoms. The Labute approximate surface area is 251 Å². The Morgan fingerprint density at radius 2 is 1.50 bits per heavy atom. The van der Waals surface area contributed by atoms with Crippen molar-refractivity contribution in [1.82, 2.24) is 10.2 Å². The predicted octanol–water partition coefficient (Wildman–Crippen LogP) is 6.48. The SMILES string of the molecule is Cc1ccc(S(=O)(=O)N(CC(=O)N(Cc2ccc(Cl)c(Cl)c2)C(C)C(=O)NC(C)(C)C)c2ccc(Cl)cc2)cc1. The van der Waals surface area contributed by atoms with Crippen molar-refractivity contribution in [2.75, 3.05) is 10.8 Å². The Morgan fingerprint density at radius 1 is 0.900 bits per heavy atom. The molecule has 0 spiro atoms. The van der Waals surface area contributed by atoms with Gasteiger partial charge in [-0.3, -0.25) is 13.9 Å². The first-order valence-electron chi connectivity index (χ1n) is 12.5. The first kappa shape index (κ1) is 31.7. The van der Waals surface area contributed by atoms with E-state index in [0.717, 1.165) is 9.87 Å². The van der Waals surface area contributed by atoms with Crippen LogP contribution < -0.4 is 9.62 Å². The van der Waals surface area contributed by atoms with Crippen LogP contribution >= 0.6 is 34.8 Å². The van der Waals surface area contributed by atoms with Crippen molar-refractivity contribution >= 4 is 62.3 Å². The maximum atomic E-state index is 13.9. The molecule has 0 radical (unpaired) electrons. The van der Waals surface area contributed by atoms with E-state index < -0.39 is 34.1 Å². The molecule has 1 unspecified atom stereocenters. The van der Waals surface area contributed by atoms with Gasteiger partial charge in [0.2, 0.25) is 11.8 Å². The predicted molar refractivity (Wildman–Crippen MR) is 162 cm³/mol.